The zero-order chi connectivity index (χ0) is 23.1. The Morgan fingerprint density at radius 2 is 1.78 bits per heavy atom. The van der Waals surface area contributed by atoms with E-state index in [0.717, 1.165) is 35.6 Å². The third kappa shape index (κ3) is 4.22. The Balaban J connectivity index is 1.56. The molecule has 5 nitrogen and oxygen atoms in total. The summed E-state index contributed by atoms with van der Waals surface area (Å²) in [4.78, 5) is 10.4. The van der Waals surface area contributed by atoms with Crippen molar-refractivity contribution >= 4 is 19.7 Å². The maximum atomic E-state index is 6.30. The smallest absolute Gasteiger partial charge is 0.184 e. The Morgan fingerprint density at radius 3 is 2.47 bits per heavy atom. The van der Waals surface area contributed by atoms with Gasteiger partial charge in [0, 0.05) is 5.92 Å². The molecule has 3 fully saturated rings. The van der Waals surface area contributed by atoms with E-state index in [1.54, 1.807) is 19.8 Å². The van der Waals surface area contributed by atoms with Crippen molar-refractivity contribution in [3.63, 3.8) is 0 Å². The molecular weight excluding hydrogens is 416 g/mol. The molecule has 32 heavy (non-hydrogen) atoms. The molecule has 0 aromatic carbocycles. The minimum absolute atomic E-state index is 0.316. The Labute approximate surface area is 196 Å². The van der Waals surface area contributed by atoms with E-state index in [1.165, 1.54) is 44.9 Å². The van der Waals surface area contributed by atoms with Crippen molar-refractivity contribution in [2.24, 2.45) is 44.8 Å². The average molecular weight is 461 g/mol. The van der Waals surface area contributed by atoms with Crippen molar-refractivity contribution in [2.45, 2.75) is 84.9 Å². The van der Waals surface area contributed by atoms with Gasteiger partial charge in [-0.15, -0.1) is 0 Å². The van der Waals surface area contributed by atoms with Crippen LogP contribution < -0.4 is 0 Å². The lowest BCUT2D eigenvalue weighted by Crippen LogP contribution is -2.51. The molecule has 0 bridgehead atoms. The number of fused-ring (bicyclic) bond motifs is 5. The Hall–Kier alpha value is -1.14. The molecule has 6 heteroatoms. The van der Waals surface area contributed by atoms with Crippen LogP contribution in [0.4, 0.5) is 0 Å². The molecule has 3 unspecified atom stereocenters. The van der Waals surface area contributed by atoms with Crippen molar-refractivity contribution in [2.75, 3.05) is 20.8 Å². The molecule has 0 spiro atoms. The first-order valence-corrected chi connectivity index (χ1v) is 16.1. The molecule has 0 heterocycles. The van der Waals surface area contributed by atoms with Gasteiger partial charge in [-0.2, -0.15) is 0 Å². The monoisotopic (exact) mass is 460 g/mol. The second kappa shape index (κ2) is 8.90. The van der Waals surface area contributed by atoms with E-state index < -0.39 is 8.32 Å². The van der Waals surface area contributed by atoms with E-state index in [2.05, 4.69) is 49.9 Å². The number of nitrogens with zero attached hydrogens (tertiary/aromatic N) is 2. The average Bonchev–Trinajstić information content (AvgIpc) is 3.08. The summed E-state index contributed by atoms with van der Waals surface area (Å²) in [6, 6.07) is 0. The molecule has 0 aromatic heterocycles. The van der Waals surface area contributed by atoms with Crippen LogP contribution in [-0.2, 0) is 14.1 Å². The predicted molar refractivity (Wildman–Crippen MR) is 133 cm³/mol. The number of rotatable bonds is 6. The fourth-order valence-corrected chi connectivity index (χ4v) is 8.49. The highest BCUT2D eigenvalue weighted by Crippen LogP contribution is 2.66. The Morgan fingerprint density at radius 1 is 1.00 bits per heavy atom. The first kappa shape index (κ1) is 24.0. The van der Waals surface area contributed by atoms with Gasteiger partial charge in [0.1, 0.15) is 14.2 Å². The maximum absolute atomic E-state index is 6.30. The van der Waals surface area contributed by atoms with Gasteiger partial charge in [0.2, 0.25) is 0 Å². The lowest BCUT2D eigenvalue weighted by Gasteiger charge is -2.58. The minimum Gasteiger partial charge on any atom is -0.412 e. The van der Waals surface area contributed by atoms with Crippen LogP contribution in [0.3, 0.4) is 0 Å². The zero-order valence-corrected chi connectivity index (χ0v) is 22.4. The molecule has 0 amide bonds. The summed E-state index contributed by atoms with van der Waals surface area (Å²) in [5.74, 6) is 2.89. The lowest BCUT2D eigenvalue weighted by atomic mass is 9.46. The number of hydrogen-bond acceptors (Lipinski definition) is 5. The summed E-state index contributed by atoms with van der Waals surface area (Å²) in [5.41, 5.74) is 4.56. The van der Waals surface area contributed by atoms with Gasteiger partial charge >= 0.3 is 0 Å². The highest BCUT2D eigenvalue weighted by atomic mass is 28.4. The standard InChI is InChI=1S/C26H44N2O3Si/c1-25-14-12-19(27-29-3)16-18(25)8-9-20-21-10-11-23(26(21,2)15-13-22(20)25)24(28-30-4)17-31-32(5,6)7/h16,20-23H,8-15,17H2,1-7H3/b27-19+,28-24+/t20?,21?,22?,23-,25+,26+/m1/s1. The van der Waals surface area contributed by atoms with Gasteiger partial charge in [-0.1, -0.05) is 29.7 Å². The van der Waals surface area contributed by atoms with E-state index in [1.807, 2.05) is 0 Å². The van der Waals surface area contributed by atoms with Gasteiger partial charge in [0.15, 0.2) is 8.32 Å². The summed E-state index contributed by atoms with van der Waals surface area (Å²) in [5, 5.41) is 8.80. The summed E-state index contributed by atoms with van der Waals surface area (Å²) < 4.78 is 6.30. The van der Waals surface area contributed by atoms with Gasteiger partial charge in [0.25, 0.3) is 0 Å². The normalized spacial score (nSPS) is 40.9. The number of hydrogen-bond donors (Lipinski definition) is 0. The van der Waals surface area contributed by atoms with E-state index in [-0.39, 0.29) is 0 Å². The molecule has 0 radical (unpaired) electrons. The Kier molecular flexibility index (Phi) is 6.67. The third-order valence-corrected chi connectivity index (χ3v) is 10.5. The molecule has 0 N–H and O–H groups in total. The molecule has 4 rings (SSSR count). The molecule has 6 atom stereocenters. The SMILES string of the molecule is CO/N=C(\CO[Si](C)(C)C)[C@H]1CCC2C3CCC4=C/C(=N/OC)CC[C@]4(C)C3CC[C@@]21C. The first-order chi connectivity index (χ1) is 15.1. The van der Waals surface area contributed by atoms with Crippen molar-refractivity contribution in [1.29, 1.82) is 0 Å². The topological polar surface area (TPSA) is 52.4 Å². The summed E-state index contributed by atoms with van der Waals surface area (Å²) in [6.45, 7) is 12.5. The molecule has 0 aliphatic heterocycles. The quantitative estimate of drug-likeness (QED) is 0.261. The van der Waals surface area contributed by atoms with Crippen LogP contribution in [0, 0.1) is 34.5 Å². The van der Waals surface area contributed by atoms with Crippen molar-refractivity contribution in [1.82, 2.24) is 0 Å². The van der Waals surface area contributed by atoms with E-state index in [4.69, 9.17) is 14.1 Å². The van der Waals surface area contributed by atoms with Crippen LogP contribution in [-0.4, -0.2) is 40.6 Å². The lowest BCUT2D eigenvalue weighted by molar-refractivity contribution is -0.0415. The van der Waals surface area contributed by atoms with Crippen LogP contribution in [0.25, 0.3) is 0 Å². The molecule has 4 aliphatic carbocycles. The predicted octanol–water partition coefficient (Wildman–Crippen LogP) is 6.42. The van der Waals surface area contributed by atoms with Crippen LogP contribution in [0.5, 0.6) is 0 Å². The van der Waals surface area contributed by atoms with Gasteiger partial charge in [0.05, 0.1) is 18.0 Å². The van der Waals surface area contributed by atoms with Crippen molar-refractivity contribution in [3.05, 3.63) is 11.6 Å². The van der Waals surface area contributed by atoms with E-state index in [0.29, 0.717) is 23.4 Å². The zero-order valence-electron chi connectivity index (χ0n) is 21.4. The molecular formula is C26H44N2O3Si. The third-order valence-electron chi connectivity index (χ3n) is 9.45. The van der Waals surface area contributed by atoms with Crippen LogP contribution in [0.2, 0.25) is 19.6 Å². The molecule has 3 saturated carbocycles. The van der Waals surface area contributed by atoms with Crippen molar-refractivity contribution in [3.8, 4) is 0 Å². The summed E-state index contributed by atoms with van der Waals surface area (Å²) >= 11 is 0. The molecule has 4 aliphatic rings. The molecule has 0 aromatic rings. The number of allylic oxidation sites excluding steroid dienone is 2. The molecule has 180 valence electrons. The maximum Gasteiger partial charge on any atom is 0.184 e. The van der Waals surface area contributed by atoms with E-state index >= 15 is 0 Å². The fraction of sp³-hybridized carbons (Fsp3) is 0.846. The van der Waals surface area contributed by atoms with Crippen LogP contribution >= 0.6 is 0 Å². The van der Waals surface area contributed by atoms with Gasteiger partial charge in [-0.25, -0.2) is 0 Å². The van der Waals surface area contributed by atoms with Crippen molar-refractivity contribution < 1.29 is 14.1 Å². The summed E-state index contributed by atoms with van der Waals surface area (Å²) in [6.07, 6.45) is 12.3. The van der Waals surface area contributed by atoms with E-state index in [9.17, 15) is 0 Å². The fourth-order valence-electron chi connectivity index (χ4n) is 7.91. The highest BCUT2D eigenvalue weighted by Gasteiger charge is 2.59. The largest absolute Gasteiger partial charge is 0.412 e. The van der Waals surface area contributed by atoms with Gasteiger partial charge < -0.3 is 14.1 Å². The first-order valence-electron chi connectivity index (χ1n) is 12.7. The van der Waals surface area contributed by atoms with Crippen LogP contribution in [0.15, 0.2) is 22.0 Å². The summed E-state index contributed by atoms with van der Waals surface area (Å²) in [7, 11) is 1.74. The van der Waals surface area contributed by atoms with Gasteiger partial charge in [-0.05, 0) is 106 Å². The Bertz CT molecular complexity index is 801. The second-order valence-corrected chi connectivity index (χ2v) is 16.6. The minimum atomic E-state index is -1.60. The van der Waals surface area contributed by atoms with Crippen LogP contribution in [0.1, 0.15) is 65.2 Å². The highest BCUT2D eigenvalue weighted by molar-refractivity contribution is 6.69. The van der Waals surface area contributed by atoms with Gasteiger partial charge in [-0.3, -0.25) is 0 Å². The molecule has 0 saturated heterocycles. The number of oxime groups is 2. The second-order valence-electron chi connectivity index (χ2n) is 12.1.